The lowest BCUT2D eigenvalue weighted by Crippen LogP contribution is -2.01. The van der Waals surface area contributed by atoms with E-state index in [0.717, 1.165) is 29.4 Å². The maximum absolute atomic E-state index is 5.02. The van der Waals surface area contributed by atoms with Crippen LogP contribution in [0.5, 0.6) is 0 Å². The fraction of sp³-hybridized carbons (Fsp3) is 0.444. The summed E-state index contributed by atoms with van der Waals surface area (Å²) < 4.78 is 2.68. The summed E-state index contributed by atoms with van der Waals surface area (Å²) in [6, 6.07) is 2.04. The van der Waals surface area contributed by atoms with Crippen LogP contribution in [0.1, 0.15) is 19.0 Å². The van der Waals surface area contributed by atoms with Crippen molar-refractivity contribution in [3.63, 3.8) is 0 Å². The molecule has 0 saturated carbocycles. The summed E-state index contributed by atoms with van der Waals surface area (Å²) >= 11 is 6.50. The first-order valence-electron chi connectivity index (χ1n) is 4.81. The molecule has 4 nitrogen and oxygen atoms in total. The molecule has 0 fully saturated rings. The molecular formula is C9H12N4S2. The van der Waals surface area contributed by atoms with Crippen LogP contribution in [-0.4, -0.2) is 20.0 Å². The quantitative estimate of drug-likeness (QED) is 0.839. The molecule has 0 radical (unpaired) electrons. The third kappa shape index (κ3) is 2.15. The van der Waals surface area contributed by atoms with E-state index in [2.05, 4.69) is 22.2 Å². The first kappa shape index (κ1) is 10.5. The topological polar surface area (TPSA) is 46.5 Å². The molecule has 0 spiro atoms. The highest BCUT2D eigenvalue weighted by atomic mass is 32.1. The van der Waals surface area contributed by atoms with Crippen molar-refractivity contribution < 1.29 is 0 Å². The molecule has 6 heteroatoms. The average Bonchev–Trinajstić information content (AvgIpc) is 2.73. The molecule has 0 bridgehead atoms. The van der Waals surface area contributed by atoms with Gasteiger partial charge in [-0.1, -0.05) is 18.3 Å². The molecule has 0 aliphatic rings. The number of aryl methyl sites for hydroxylation is 2. The molecule has 0 aliphatic heterocycles. The van der Waals surface area contributed by atoms with Gasteiger partial charge in [0.1, 0.15) is 0 Å². The molecule has 2 rings (SSSR count). The fourth-order valence-electron chi connectivity index (χ4n) is 1.44. The summed E-state index contributed by atoms with van der Waals surface area (Å²) in [7, 11) is 0. The Kier molecular flexibility index (Phi) is 2.97. The van der Waals surface area contributed by atoms with E-state index in [-0.39, 0.29) is 0 Å². The number of nitrogens with one attached hydrogen (secondary N) is 1. The van der Waals surface area contributed by atoms with Crippen LogP contribution in [-0.2, 0) is 6.54 Å². The SMILES string of the molecule is CCCn1nc(C)cc1-c1n[nH]c(=S)s1. The normalized spacial score (nSPS) is 10.8. The standard InChI is InChI=1S/C9H12N4S2/c1-3-4-13-7(5-6(2)12-13)8-10-11-9(14)15-8/h5H,3-4H2,1-2H3,(H,11,14). The molecule has 0 aliphatic carbocycles. The van der Waals surface area contributed by atoms with Gasteiger partial charge in [-0.2, -0.15) is 10.2 Å². The Balaban J connectivity index is 2.46. The van der Waals surface area contributed by atoms with Gasteiger partial charge in [0.2, 0.25) is 0 Å². The van der Waals surface area contributed by atoms with Crippen molar-refractivity contribution in [1.29, 1.82) is 0 Å². The fourth-order valence-corrected chi connectivity index (χ4v) is 2.35. The monoisotopic (exact) mass is 240 g/mol. The molecule has 0 unspecified atom stereocenters. The van der Waals surface area contributed by atoms with Crippen molar-refractivity contribution in [3.05, 3.63) is 15.7 Å². The Bertz CT molecular complexity index is 508. The van der Waals surface area contributed by atoms with Crippen LogP contribution >= 0.6 is 23.6 Å². The van der Waals surface area contributed by atoms with Gasteiger partial charge in [0, 0.05) is 6.54 Å². The van der Waals surface area contributed by atoms with Crippen molar-refractivity contribution in [3.8, 4) is 10.7 Å². The van der Waals surface area contributed by atoms with E-state index in [9.17, 15) is 0 Å². The summed E-state index contributed by atoms with van der Waals surface area (Å²) in [6.45, 7) is 5.03. The number of aromatic amines is 1. The molecule has 0 aromatic carbocycles. The van der Waals surface area contributed by atoms with Gasteiger partial charge >= 0.3 is 0 Å². The number of hydrogen-bond acceptors (Lipinski definition) is 4. The molecule has 2 aromatic heterocycles. The third-order valence-electron chi connectivity index (χ3n) is 1.99. The van der Waals surface area contributed by atoms with Gasteiger partial charge in [-0.25, -0.2) is 0 Å². The van der Waals surface area contributed by atoms with Crippen LogP contribution in [0.4, 0.5) is 0 Å². The summed E-state index contributed by atoms with van der Waals surface area (Å²) in [5.74, 6) is 0. The molecule has 80 valence electrons. The van der Waals surface area contributed by atoms with Crippen LogP contribution in [0.3, 0.4) is 0 Å². The summed E-state index contributed by atoms with van der Waals surface area (Å²) in [5.41, 5.74) is 2.06. The molecule has 0 atom stereocenters. The van der Waals surface area contributed by atoms with Crippen molar-refractivity contribution in [2.45, 2.75) is 26.8 Å². The Hall–Kier alpha value is -1.01. The van der Waals surface area contributed by atoms with E-state index in [1.165, 1.54) is 11.3 Å². The molecule has 15 heavy (non-hydrogen) atoms. The Labute approximate surface area is 97.0 Å². The predicted molar refractivity (Wildman–Crippen MR) is 63.5 cm³/mol. The average molecular weight is 240 g/mol. The number of hydrogen-bond donors (Lipinski definition) is 1. The molecular weight excluding hydrogens is 228 g/mol. The second-order valence-corrected chi connectivity index (χ2v) is 4.98. The molecule has 2 heterocycles. The highest BCUT2D eigenvalue weighted by molar-refractivity contribution is 7.73. The van der Waals surface area contributed by atoms with E-state index >= 15 is 0 Å². The van der Waals surface area contributed by atoms with Gasteiger partial charge in [-0.05, 0) is 31.6 Å². The largest absolute Gasteiger partial charge is 0.262 e. The zero-order valence-electron chi connectivity index (χ0n) is 8.65. The van der Waals surface area contributed by atoms with Crippen LogP contribution in [0, 0.1) is 10.9 Å². The maximum atomic E-state index is 5.02. The highest BCUT2D eigenvalue weighted by Gasteiger charge is 2.10. The van der Waals surface area contributed by atoms with Gasteiger partial charge in [-0.3, -0.25) is 9.78 Å². The zero-order chi connectivity index (χ0) is 10.8. The van der Waals surface area contributed by atoms with Crippen molar-refractivity contribution >= 4 is 23.6 Å². The third-order valence-corrected chi connectivity index (χ3v) is 3.11. The maximum Gasteiger partial charge on any atom is 0.176 e. The number of H-pyrrole nitrogens is 1. The van der Waals surface area contributed by atoms with E-state index < -0.39 is 0 Å². The summed E-state index contributed by atoms with van der Waals surface area (Å²) in [4.78, 5) is 0. The van der Waals surface area contributed by atoms with Crippen molar-refractivity contribution in [1.82, 2.24) is 20.0 Å². The summed E-state index contributed by atoms with van der Waals surface area (Å²) in [6.07, 6.45) is 1.06. The smallest absolute Gasteiger partial charge is 0.176 e. The highest BCUT2D eigenvalue weighted by Crippen LogP contribution is 2.22. The lowest BCUT2D eigenvalue weighted by Gasteiger charge is -2.01. The van der Waals surface area contributed by atoms with Crippen LogP contribution in [0.2, 0.25) is 0 Å². The number of rotatable bonds is 3. The van der Waals surface area contributed by atoms with Gasteiger partial charge in [-0.15, -0.1) is 0 Å². The lowest BCUT2D eigenvalue weighted by molar-refractivity contribution is 0.604. The molecule has 0 amide bonds. The van der Waals surface area contributed by atoms with Gasteiger partial charge < -0.3 is 0 Å². The Morgan fingerprint density at radius 3 is 3.00 bits per heavy atom. The number of nitrogens with zero attached hydrogens (tertiary/aromatic N) is 3. The van der Waals surface area contributed by atoms with E-state index in [0.29, 0.717) is 3.95 Å². The molecule has 1 N–H and O–H groups in total. The first-order valence-corrected chi connectivity index (χ1v) is 6.03. The summed E-state index contributed by atoms with van der Waals surface area (Å²) in [5, 5.41) is 12.3. The molecule has 0 saturated heterocycles. The van der Waals surface area contributed by atoms with Crippen LogP contribution in [0.25, 0.3) is 10.7 Å². The van der Waals surface area contributed by atoms with Gasteiger partial charge in [0.25, 0.3) is 0 Å². The predicted octanol–water partition coefficient (Wildman–Crippen LogP) is 2.78. The second kappa shape index (κ2) is 4.24. The minimum Gasteiger partial charge on any atom is -0.262 e. The van der Waals surface area contributed by atoms with Gasteiger partial charge in [0.15, 0.2) is 8.96 Å². The van der Waals surface area contributed by atoms with Crippen molar-refractivity contribution in [2.75, 3.05) is 0 Å². The Morgan fingerprint density at radius 1 is 1.60 bits per heavy atom. The molecule has 2 aromatic rings. The first-order chi connectivity index (χ1) is 7.20. The van der Waals surface area contributed by atoms with E-state index in [1.807, 2.05) is 17.7 Å². The zero-order valence-corrected chi connectivity index (χ0v) is 10.3. The van der Waals surface area contributed by atoms with Gasteiger partial charge in [0.05, 0.1) is 11.4 Å². The minimum absolute atomic E-state index is 0.701. The van der Waals surface area contributed by atoms with E-state index in [4.69, 9.17) is 12.2 Å². The lowest BCUT2D eigenvalue weighted by atomic mass is 10.4. The van der Waals surface area contributed by atoms with Crippen molar-refractivity contribution in [2.24, 2.45) is 0 Å². The van der Waals surface area contributed by atoms with E-state index in [1.54, 1.807) is 0 Å². The Morgan fingerprint density at radius 2 is 2.40 bits per heavy atom. The van der Waals surface area contributed by atoms with Crippen LogP contribution in [0.15, 0.2) is 6.07 Å². The van der Waals surface area contributed by atoms with Crippen LogP contribution < -0.4 is 0 Å². The second-order valence-electron chi connectivity index (χ2n) is 3.31. The minimum atomic E-state index is 0.701. The number of aromatic nitrogens is 4.